The van der Waals surface area contributed by atoms with Crippen LogP contribution in [0.25, 0.3) is 0 Å². The molecule has 1 amide bonds. The van der Waals surface area contributed by atoms with Gasteiger partial charge < -0.3 is 14.7 Å². The molecule has 0 spiro atoms. The van der Waals surface area contributed by atoms with Crippen LogP contribution >= 0.6 is 23.2 Å². The van der Waals surface area contributed by atoms with Crippen molar-refractivity contribution in [2.45, 2.75) is 37.6 Å². The molecule has 3 rings (SSSR count). The predicted octanol–water partition coefficient (Wildman–Crippen LogP) is 4.43. The molecule has 0 radical (unpaired) electrons. The maximum atomic E-state index is 11.6. The van der Waals surface area contributed by atoms with E-state index in [2.05, 4.69) is 6.92 Å². The van der Waals surface area contributed by atoms with Crippen molar-refractivity contribution in [1.29, 1.82) is 0 Å². The van der Waals surface area contributed by atoms with Gasteiger partial charge >= 0.3 is 6.09 Å². The van der Waals surface area contributed by atoms with Crippen molar-refractivity contribution in [2.75, 3.05) is 20.3 Å². The predicted molar refractivity (Wildman–Crippen MR) is 90.5 cm³/mol. The summed E-state index contributed by atoms with van der Waals surface area (Å²) < 4.78 is 5.48. The third-order valence-corrected chi connectivity index (χ3v) is 6.52. The minimum Gasteiger partial charge on any atom is -0.465 e. The van der Waals surface area contributed by atoms with Crippen LogP contribution in [-0.2, 0) is 10.2 Å². The third kappa shape index (κ3) is 2.51. The number of nitrogens with zero attached hydrogens (tertiary/aromatic N) is 1. The van der Waals surface area contributed by atoms with Crippen LogP contribution in [0.5, 0.6) is 0 Å². The Hall–Kier alpha value is -0.970. The lowest BCUT2D eigenvalue weighted by atomic mass is 9.58. The molecule has 0 aromatic heterocycles. The van der Waals surface area contributed by atoms with Crippen molar-refractivity contribution in [3.8, 4) is 0 Å². The van der Waals surface area contributed by atoms with Crippen molar-refractivity contribution in [3.63, 3.8) is 0 Å². The Labute approximate surface area is 146 Å². The molecular formula is C17H21Cl2NO3. The number of amides is 1. The molecule has 2 aliphatic rings. The summed E-state index contributed by atoms with van der Waals surface area (Å²) in [5.41, 5.74) is 0.706. The molecule has 1 saturated heterocycles. The second kappa shape index (κ2) is 5.83. The summed E-state index contributed by atoms with van der Waals surface area (Å²) in [5, 5.41) is 10.6. The Kier molecular flexibility index (Phi) is 4.28. The highest BCUT2D eigenvalue weighted by Gasteiger charge is 2.59. The number of carbonyl (C=O) groups is 1. The number of benzene rings is 1. The van der Waals surface area contributed by atoms with E-state index in [9.17, 15) is 9.90 Å². The molecule has 6 heteroatoms. The molecule has 2 bridgehead atoms. The maximum Gasteiger partial charge on any atom is 0.407 e. The summed E-state index contributed by atoms with van der Waals surface area (Å²) in [6.45, 7) is 3.10. The number of fused-ring (bicyclic) bond motifs is 2. The summed E-state index contributed by atoms with van der Waals surface area (Å²) in [7, 11) is 1.67. The number of halogens is 2. The lowest BCUT2D eigenvalue weighted by molar-refractivity contribution is -0.0308. The molecule has 1 aliphatic carbocycles. The first-order valence-corrected chi connectivity index (χ1v) is 8.53. The minimum absolute atomic E-state index is 0.0619. The highest BCUT2D eigenvalue weighted by molar-refractivity contribution is 6.42. The van der Waals surface area contributed by atoms with Gasteiger partial charge in [-0.25, -0.2) is 4.79 Å². The van der Waals surface area contributed by atoms with Gasteiger partial charge in [0.2, 0.25) is 0 Å². The number of hydrogen-bond donors (Lipinski definition) is 1. The number of likely N-dealkylation sites (tertiary alicyclic amines) is 1. The lowest BCUT2D eigenvalue weighted by Crippen LogP contribution is -2.58. The van der Waals surface area contributed by atoms with Crippen LogP contribution in [0.3, 0.4) is 0 Å². The molecule has 1 aliphatic heterocycles. The summed E-state index contributed by atoms with van der Waals surface area (Å²) in [4.78, 5) is 13.2. The molecule has 1 saturated carbocycles. The van der Waals surface area contributed by atoms with Crippen LogP contribution in [0.2, 0.25) is 10.0 Å². The van der Waals surface area contributed by atoms with Gasteiger partial charge in [-0.1, -0.05) is 36.2 Å². The first-order valence-electron chi connectivity index (χ1n) is 7.77. The van der Waals surface area contributed by atoms with E-state index in [0.29, 0.717) is 23.2 Å². The molecule has 2 fully saturated rings. The van der Waals surface area contributed by atoms with Gasteiger partial charge in [-0.05, 0) is 37.0 Å². The summed E-state index contributed by atoms with van der Waals surface area (Å²) in [5.74, 6) is 0. The first kappa shape index (κ1) is 16.9. The SMILES string of the molecule is COC[C@]1(C)CN(C(=O)O)[C@@H]2CC[C@@]1(c1ccc(Cl)c(Cl)c1)C2. The Morgan fingerprint density at radius 2 is 2.17 bits per heavy atom. The fourth-order valence-electron chi connectivity index (χ4n) is 4.62. The molecule has 1 aromatic rings. The number of piperidine rings is 1. The number of ether oxygens (including phenoxy) is 1. The van der Waals surface area contributed by atoms with Crippen LogP contribution < -0.4 is 0 Å². The van der Waals surface area contributed by atoms with Crippen molar-refractivity contribution >= 4 is 29.3 Å². The van der Waals surface area contributed by atoms with Crippen molar-refractivity contribution < 1.29 is 14.6 Å². The fourth-order valence-corrected chi connectivity index (χ4v) is 4.92. The highest BCUT2D eigenvalue weighted by atomic mass is 35.5. The normalized spacial score (nSPS) is 33.0. The highest BCUT2D eigenvalue weighted by Crippen LogP contribution is 2.58. The summed E-state index contributed by atoms with van der Waals surface area (Å²) in [6, 6.07) is 5.86. The number of methoxy groups -OCH3 is 1. The number of carboxylic acid groups (broad SMARTS) is 1. The minimum atomic E-state index is -0.845. The molecule has 4 nitrogen and oxygen atoms in total. The molecule has 23 heavy (non-hydrogen) atoms. The molecule has 3 atom stereocenters. The first-order chi connectivity index (χ1) is 10.8. The van der Waals surface area contributed by atoms with Crippen LogP contribution in [0.1, 0.15) is 31.7 Å². The third-order valence-electron chi connectivity index (χ3n) is 5.78. The molecule has 126 valence electrons. The van der Waals surface area contributed by atoms with E-state index < -0.39 is 6.09 Å². The fraction of sp³-hybridized carbons (Fsp3) is 0.588. The molecule has 0 unspecified atom stereocenters. The van der Waals surface area contributed by atoms with Crippen LogP contribution in [0.15, 0.2) is 18.2 Å². The van der Waals surface area contributed by atoms with E-state index in [0.717, 1.165) is 24.8 Å². The zero-order valence-electron chi connectivity index (χ0n) is 13.3. The standard InChI is InChI=1S/C17H21Cl2NO3/c1-16(10-23-2)9-20(15(21)22)12-5-6-17(16,8-12)11-3-4-13(18)14(19)7-11/h3-4,7,12H,5-6,8-10H2,1-2H3,(H,21,22)/t12-,16+,17+/m1/s1. The zero-order chi connectivity index (χ0) is 16.8. The molecule has 1 N–H and O–H groups in total. The van der Waals surface area contributed by atoms with Gasteiger partial charge in [0.05, 0.1) is 16.7 Å². The lowest BCUT2D eigenvalue weighted by Gasteiger charge is -2.52. The van der Waals surface area contributed by atoms with Gasteiger partial charge in [0, 0.05) is 30.5 Å². The van der Waals surface area contributed by atoms with E-state index in [1.807, 2.05) is 18.2 Å². The average molecular weight is 358 g/mol. The van der Waals surface area contributed by atoms with Gasteiger partial charge in [-0.2, -0.15) is 0 Å². The van der Waals surface area contributed by atoms with Crippen LogP contribution in [0, 0.1) is 5.41 Å². The van der Waals surface area contributed by atoms with Crippen LogP contribution in [-0.4, -0.2) is 42.4 Å². The quantitative estimate of drug-likeness (QED) is 0.870. The van der Waals surface area contributed by atoms with Gasteiger partial charge in [-0.15, -0.1) is 0 Å². The second-order valence-electron chi connectivity index (χ2n) is 7.01. The van der Waals surface area contributed by atoms with E-state index >= 15 is 0 Å². The van der Waals surface area contributed by atoms with E-state index in [4.69, 9.17) is 27.9 Å². The van der Waals surface area contributed by atoms with E-state index in [-0.39, 0.29) is 16.9 Å². The van der Waals surface area contributed by atoms with Gasteiger partial charge in [0.1, 0.15) is 0 Å². The monoisotopic (exact) mass is 357 g/mol. The van der Waals surface area contributed by atoms with E-state index in [1.165, 1.54) is 0 Å². The Bertz CT molecular complexity index is 638. The second-order valence-corrected chi connectivity index (χ2v) is 7.83. The van der Waals surface area contributed by atoms with Crippen molar-refractivity contribution in [2.24, 2.45) is 5.41 Å². The van der Waals surface area contributed by atoms with Crippen molar-refractivity contribution in [3.05, 3.63) is 33.8 Å². The Morgan fingerprint density at radius 3 is 2.78 bits per heavy atom. The maximum absolute atomic E-state index is 11.6. The van der Waals surface area contributed by atoms with Gasteiger partial charge in [-0.3, -0.25) is 0 Å². The molecule has 1 heterocycles. The van der Waals surface area contributed by atoms with Crippen molar-refractivity contribution in [1.82, 2.24) is 4.90 Å². The molecule has 1 aromatic carbocycles. The topological polar surface area (TPSA) is 49.8 Å². The molecular weight excluding hydrogens is 337 g/mol. The van der Waals surface area contributed by atoms with Crippen LogP contribution in [0.4, 0.5) is 4.79 Å². The summed E-state index contributed by atoms with van der Waals surface area (Å²) >= 11 is 12.3. The summed E-state index contributed by atoms with van der Waals surface area (Å²) in [6.07, 6.45) is 1.75. The number of hydrogen-bond acceptors (Lipinski definition) is 2. The Morgan fingerprint density at radius 1 is 1.43 bits per heavy atom. The number of rotatable bonds is 3. The van der Waals surface area contributed by atoms with Gasteiger partial charge in [0.25, 0.3) is 0 Å². The van der Waals surface area contributed by atoms with Gasteiger partial charge in [0.15, 0.2) is 0 Å². The average Bonchev–Trinajstić information content (AvgIpc) is 2.90. The largest absolute Gasteiger partial charge is 0.465 e. The smallest absolute Gasteiger partial charge is 0.407 e. The zero-order valence-corrected chi connectivity index (χ0v) is 14.8. The Balaban J connectivity index is 2.08. The van der Waals surface area contributed by atoms with E-state index in [1.54, 1.807) is 12.0 Å².